The minimum atomic E-state index is -2.38. The highest BCUT2D eigenvalue weighted by atomic mass is 35.5. The maximum absolute atomic E-state index is 16.6. The molecule has 7 aliphatic heterocycles. The number of carboxylic acid groups (broad SMARTS) is 1. The van der Waals surface area contributed by atoms with Crippen LogP contribution in [0.4, 0.5) is 0 Å². The molecule has 686 valence electrons. The number of hydrogen-bond donors (Lipinski definition) is 20. The fourth-order valence-corrected chi connectivity index (χ4v) is 16.5. The van der Waals surface area contributed by atoms with Gasteiger partial charge in [-0.2, -0.15) is 0 Å². The number of unbranched alkanes of at least 4 members (excludes halogenated alkanes) is 3. The van der Waals surface area contributed by atoms with Crippen LogP contribution in [-0.2, 0) is 65.7 Å². The average molecular weight is 1830 g/mol. The zero-order valence-corrected chi connectivity index (χ0v) is 73.2. The molecule has 7 amide bonds. The van der Waals surface area contributed by atoms with E-state index in [9.17, 15) is 65.4 Å². The van der Waals surface area contributed by atoms with Crippen molar-refractivity contribution in [2.75, 3.05) is 40.8 Å². The number of fused-ring (bicyclic) bond motifs is 15. The fraction of sp³-hybridized carbons (Fsp3) is 0.422. The van der Waals surface area contributed by atoms with Crippen molar-refractivity contribution in [2.45, 2.75) is 195 Å². The van der Waals surface area contributed by atoms with Crippen LogP contribution in [0.15, 0.2) is 121 Å². The summed E-state index contributed by atoms with van der Waals surface area (Å²) in [6.07, 6.45) is -12.1. The lowest BCUT2D eigenvalue weighted by atomic mass is 9.84. The van der Waals surface area contributed by atoms with Crippen molar-refractivity contribution >= 4 is 94.3 Å². The molecule has 7 aliphatic rings. The van der Waals surface area contributed by atoms with Gasteiger partial charge in [-0.15, -0.1) is 0 Å². The normalized spacial score (nSPS) is 25.8. The van der Waals surface area contributed by atoms with Crippen molar-refractivity contribution < 1.29 is 118 Å². The predicted molar refractivity (Wildman–Crippen MR) is 467 cm³/mol. The second-order valence-corrected chi connectivity index (χ2v) is 34.5. The number of phenolic OH excluding ortho intramolecular Hbond substituents is 3. The van der Waals surface area contributed by atoms with Crippen LogP contribution < -0.4 is 67.8 Å². The van der Waals surface area contributed by atoms with Gasteiger partial charge in [-0.05, 0) is 179 Å². The van der Waals surface area contributed by atoms with Gasteiger partial charge in [0.2, 0.25) is 53.4 Å². The zero-order chi connectivity index (χ0) is 92.4. The fourth-order valence-electron chi connectivity index (χ4n) is 15.9. The number of aliphatic carboxylic acids is 1. The number of carbonyl (C=O) groups excluding carboxylic acids is 7. The lowest BCUT2D eigenvalue weighted by molar-refractivity contribution is -0.277. The number of nitrogens with two attached hydrogens (primary N) is 1. The van der Waals surface area contributed by atoms with E-state index in [1.54, 1.807) is 26.0 Å². The third-order valence-electron chi connectivity index (χ3n) is 23.0. The van der Waals surface area contributed by atoms with E-state index in [4.69, 9.17) is 69.0 Å². The minimum absolute atomic E-state index is 0.109. The van der Waals surface area contributed by atoms with Crippen LogP contribution in [0.25, 0.3) is 23.3 Å². The smallest absolute Gasteiger partial charge is 0.330 e. The Morgan fingerprint density at radius 1 is 0.672 bits per heavy atom. The first kappa shape index (κ1) is 96.3. The highest BCUT2D eigenvalue weighted by molar-refractivity contribution is 6.32. The third-order valence-corrected chi connectivity index (χ3v) is 23.9. The van der Waals surface area contributed by atoms with Gasteiger partial charge < -0.3 is 138 Å². The van der Waals surface area contributed by atoms with E-state index in [1.807, 2.05) is 76.5 Å². The number of hydrogen-bond acceptors (Lipinski definition) is 27. The summed E-state index contributed by atoms with van der Waals surface area (Å²) in [5.74, 6) is -15.9. The standard InChI is InChI=1S/C90H106Cl3N11O24/c1-42(2)30-57(95-5)82(115)102-72-74(109)48-21-26-61(55(92)32-48)124-63-34-50-35-64(80(63)128-89-78(113)77(112)76(111)65(41-105)126-89)125-62-27-22-49(33-56(62)93)79(127-67-38-90(4,81(114)43(3)123-67)97-39-46-16-14-44(15-17-46)12-13-45-18-23-51(91)24-19-45)73-87(120)101-71(88(121)122)53-36-60(107)54(40-96-28-10-8-9-11-29-104(6)7)75(110)68(53)52-31-47(20-25-59(52)106)69(84(117)103-73)100-85(118)70(50)99-83(116)58(37-66(94)108)98-86(72)119/h12-27,31-36,42-43,57-58,65,67,69-74,76-79,81,89,95-97,105-107,109-114H,8-11,28-30,37-41H2,1-7H3,(H2,94,108)(H,98,119)(H,99,116)(H,100,118)(H,101,120)(H,102,115)(H,103,117)(H,121,122)/b13-12+/t43-,57+,58-,65+,67-,69+,70+,71-,72+,73-,74+,76+,77-,78+,79+,81-,89-,90-/m0/s1. The first-order valence-electron chi connectivity index (χ1n) is 41.7. The van der Waals surface area contributed by atoms with E-state index in [1.165, 1.54) is 37.4 Å². The molecule has 0 radical (unpaired) electrons. The number of rotatable bonds is 27. The Balaban J connectivity index is 1.06. The van der Waals surface area contributed by atoms with E-state index in [2.05, 4.69) is 52.8 Å². The molecule has 7 aromatic carbocycles. The Hall–Kier alpha value is -10.8. The van der Waals surface area contributed by atoms with Crippen LogP contribution in [0.1, 0.15) is 153 Å². The summed E-state index contributed by atoms with van der Waals surface area (Å²) in [6.45, 7) is 7.01. The summed E-state index contributed by atoms with van der Waals surface area (Å²) in [5.41, 5.74) is 4.15. The molecule has 0 aromatic heterocycles. The van der Waals surface area contributed by atoms with E-state index in [0.29, 0.717) is 18.0 Å². The second kappa shape index (κ2) is 42.2. The third kappa shape index (κ3) is 22.7. The lowest BCUT2D eigenvalue weighted by Gasteiger charge is -2.47. The van der Waals surface area contributed by atoms with Crippen molar-refractivity contribution in [3.63, 3.8) is 0 Å². The van der Waals surface area contributed by atoms with E-state index >= 15 is 24.0 Å². The summed E-state index contributed by atoms with van der Waals surface area (Å²) < 4.78 is 39.3. The van der Waals surface area contributed by atoms with Gasteiger partial charge in [-0.3, -0.25) is 33.6 Å². The molecule has 0 saturated carbocycles. The van der Waals surface area contributed by atoms with Gasteiger partial charge in [0.25, 0.3) is 0 Å². The van der Waals surface area contributed by atoms with Crippen LogP contribution in [0.3, 0.4) is 0 Å². The molecule has 38 heteroatoms. The number of benzene rings is 7. The number of nitrogens with zero attached hydrogens (tertiary/aromatic N) is 1. The van der Waals surface area contributed by atoms with Crippen LogP contribution in [0.5, 0.6) is 46.0 Å². The minimum Gasteiger partial charge on any atom is -0.507 e. The van der Waals surface area contributed by atoms with Crippen LogP contribution in [0, 0.1) is 5.92 Å². The van der Waals surface area contributed by atoms with Crippen molar-refractivity contribution in [1.82, 2.24) is 52.8 Å². The van der Waals surface area contributed by atoms with Gasteiger partial charge in [0.15, 0.2) is 23.8 Å². The number of likely N-dealkylation sites (N-methyl/N-ethyl adjacent to an activating group) is 1. The number of carbonyl (C=O) groups is 8. The SMILES string of the molecule is CN[C@H](CC(C)C)C(=O)N[C@H]1C(=O)N[C@@H](CC(N)=O)C(=O)N[C@H]2C(=O)N[C@H]3C(=O)N[C@H](C(=O)N[C@H](C(=O)O)c4cc(O)c(CNCCCCCCN(C)C)c(O)c4-c4cc3ccc4O)[C@H](O[C@H]3C[C@](C)(NCc4ccc(/C=C/c5ccc(Cl)cc5)cc4)[C@@H](O)[C@H](C)O3)c3ccc(c(Cl)c3)Oc3cc2cc(c3O[C@@H]2O[C@H](CO)[C@@H](O)[C@H](O)[C@H]2O)Oc2ccc(cc2Cl)[C@H]1O. The predicted octanol–water partition coefficient (Wildman–Crippen LogP) is 5.97. The van der Waals surface area contributed by atoms with Crippen LogP contribution in [0.2, 0.25) is 15.1 Å². The molecule has 35 nitrogen and oxygen atoms in total. The number of amides is 7. The molecule has 2 fully saturated rings. The summed E-state index contributed by atoms with van der Waals surface area (Å²) in [7, 11) is 5.41. The molecule has 18 atom stereocenters. The highest BCUT2D eigenvalue weighted by Crippen LogP contribution is 2.51. The number of carboxylic acids is 1. The Morgan fingerprint density at radius 2 is 1.29 bits per heavy atom. The maximum Gasteiger partial charge on any atom is 0.330 e. The van der Waals surface area contributed by atoms with Gasteiger partial charge in [0, 0.05) is 46.8 Å². The Kier molecular flexibility index (Phi) is 31.7. The summed E-state index contributed by atoms with van der Waals surface area (Å²) in [6, 6.07) is 13.9. The zero-order valence-electron chi connectivity index (χ0n) is 70.9. The Bertz CT molecular complexity index is 5270. The summed E-state index contributed by atoms with van der Waals surface area (Å²) >= 11 is 20.7. The number of aromatic hydroxyl groups is 3. The van der Waals surface area contributed by atoms with Crippen molar-refractivity contribution in [3.05, 3.63) is 186 Å². The molecule has 7 heterocycles. The average Bonchev–Trinajstić information content (AvgIpc) is 0.708. The number of aliphatic hydroxyl groups excluding tert-OH is 6. The highest BCUT2D eigenvalue weighted by Gasteiger charge is 2.50. The molecule has 128 heavy (non-hydrogen) atoms. The molecule has 21 N–H and O–H groups in total. The molecule has 0 unspecified atom stereocenters. The van der Waals surface area contributed by atoms with Gasteiger partial charge in [-0.1, -0.05) is 128 Å². The first-order valence-corrected chi connectivity index (χ1v) is 42.9. The van der Waals surface area contributed by atoms with Gasteiger partial charge >= 0.3 is 5.97 Å². The van der Waals surface area contributed by atoms with Gasteiger partial charge in [0.1, 0.15) is 95.6 Å². The summed E-state index contributed by atoms with van der Waals surface area (Å²) in [5, 5.41) is 142. The van der Waals surface area contributed by atoms with Crippen molar-refractivity contribution in [3.8, 4) is 57.1 Å². The van der Waals surface area contributed by atoms with E-state index in [0.717, 1.165) is 85.0 Å². The summed E-state index contributed by atoms with van der Waals surface area (Å²) in [4.78, 5) is 124. The van der Waals surface area contributed by atoms with Crippen molar-refractivity contribution in [2.24, 2.45) is 11.7 Å². The number of halogens is 3. The number of aliphatic hydroxyl groups is 6. The maximum atomic E-state index is 16.6. The topological polar surface area (TPSA) is 532 Å². The second-order valence-electron chi connectivity index (χ2n) is 33.3. The monoisotopic (exact) mass is 1830 g/mol. The van der Waals surface area contributed by atoms with Gasteiger partial charge in [0.05, 0.1) is 46.9 Å². The first-order chi connectivity index (χ1) is 60.9. The molecule has 7 aromatic rings. The Morgan fingerprint density at radius 3 is 1.91 bits per heavy atom. The number of primary amides is 1. The molecule has 14 rings (SSSR count). The van der Waals surface area contributed by atoms with Gasteiger partial charge in [-0.25, -0.2) is 4.79 Å². The molecule has 11 bridgehead atoms. The largest absolute Gasteiger partial charge is 0.507 e. The van der Waals surface area contributed by atoms with Crippen LogP contribution >= 0.6 is 34.8 Å². The molecular formula is C90H106Cl3N11O24. The molecule has 0 spiro atoms. The van der Waals surface area contributed by atoms with E-state index in [-0.39, 0.29) is 64.9 Å². The lowest BCUT2D eigenvalue weighted by Crippen LogP contribution is -2.63. The molecular weight excluding hydrogens is 1730 g/mol. The number of ether oxygens (including phenoxy) is 6. The van der Waals surface area contributed by atoms with E-state index < -0.39 is 237 Å². The van der Waals surface area contributed by atoms with Crippen LogP contribution in [-0.4, -0.2) is 223 Å². The molecule has 0 aliphatic carbocycles. The quantitative estimate of drug-likeness (QED) is 0.0208. The number of nitrogens with one attached hydrogen (secondary N) is 9. The van der Waals surface area contributed by atoms with Crippen molar-refractivity contribution in [1.29, 1.82) is 0 Å². The Labute approximate surface area is 751 Å². The number of phenols is 3. The molecule has 2 saturated heterocycles.